The number of methoxy groups -OCH3 is 2. The minimum absolute atomic E-state index is 0.0475. The van der Waals surface area contributed by atoms with Gasteiger partial charge in [-0.2, -0.15) is 0 Å². The van der Waals surface area contributed by atoms with Crippen molar-refractivity contribution in [3.63, 3.8) is 0 Å². The van der Waals surface area contributed by atoms with Gasteiger partial charge in [0.05, 0.1) is 49.9 Å². The highest BCUT2D eigenvalue weighted by atomic mass is 32.2. The molecule has 2 amide bonds. The van der Waals surface area contributed by atoms with Gasteiger partial charge in [0, 0.05) is 18.0 Å². The first-order chi connectivity index (χ1) is 15.3. The first-order valence-corrected chi connectivity index (χ1v) is 12.9. The summed E-state index contributed by atoms with van der Waals surface area (Å²) in [6.07, 6.45) is 0.463. The van der Waals surface area contributed by atoms with Gasteiger partial charge >= 0.3 is 0 Å². The second kappa shape index (κ2) is 10.3. The number of thiazole rings is 1. The highest BCUT2D eigenvalue weighted by molar-refractivity contribution is 7.91. The Labute approximate surface area is 191 Å². The second-order valence-electron chi connectivity index (χ2n) is 7.44. The summed E-state index contributed by atoms with van der Waals surface area (Å²) in [5, 5.41) is 5.23. The van der Waals surface area contributed by atoms with Gasteiger partial charge in [-0.15, -0.1) is 11.3 Å². The van der Waals surface area contributed by atoms with Gasteiger partial charge < -0.3 is 19.7 Å². The normalized spacial score (nSPS) is 17.0. The molecular formula is C21H27N3O6S2. The molecule has 1 aromatic heterocycles. The zero-order chi connectivity index (χ0) is 23.3. The molecule has 32 heavy (non-hydrogen) atoms. The predicted octanol–water partition coefficient (Wildman–Crippen LogP) is 1.52. The summed E-state index contributed by atoms with van der Waals surface area (Å²) < 4.78 is 33.9. The summed E-state index contributed by atoms with van der Waals surface area (Å²) in [6.45, 7) is 2.03. The topological polar surface area (TPSA) is 115 Å². The number of amides is 2. The number of sulfone groups is 1. The van der Waals surface area contributed by atoms with Gasteiger partial charge in [-0.1, -0.05) is 6.07 Å². The summed E-state index contributed by atoms with van der Waals surface area (Å²) >= 11 is 1.39. The fraction of sp³-hybridized carbons (Fsp3) is 0.476. The number of nitrogens with one attached hydrogen (secondary N) is 1. The van der Waals surface area contributed by atoms with Crippen LogP contribution in [-0.4, -0.2) is 75.0 Å². The van der Waals surface area contributed by atoms with Crippen LogP contribution >= 0.6 is 11.3 Å². The van der Waals surface area contributed by atoms with E-state index in [1.807, 2.05) is 17.5 Å². The zero-order valence-corrected chi connectivity index (χ0v) is 19.9. The molecule has 0 aliphatic carbocycles. The number of carbonyl (C=O) groups is 2. The molecule has 1 N–H and O–H groups in total. The number of aromatic nitrogens is 1. The second-order valence-corrected chi connectivity index (χ2v) is 10.5. The summed E-state index contributed by atoms with van der Waals surface area (Å²) in [6, 6.07) is 5.12. The van der Waals surface area contributed by atoms with Crippen LogP contribution < -0.4 is 14.8 Å². The van der Waals surface area contributed by atoms with Crippen LogP contribution in [0.3, 0.4) is 0 Å². The van der Waals surface area contributed by atoms with Crippen molar-refractivity contribution >= 4 is 33.0 Å². The van der Waals surface area contributed by atoms with Crippen molar-refractivity contribution in [1.82, 2.24) is 15.2 Å². The van der Waals surface area contributed by atoms with E-state index in [0.717, 1.165) is 5.56 Å². The van der Waals surface area contributed by atoms with Crippen LogP contribution in [0.2, 0.25) is 0 Å². The molecule has 1 atom stereocenters. The fourth-order valence-electron chi connectivity index (χ4n) is 3.57. The van der Waals surface area contributed by atoms with Gasteiger partial charge in [0.2, 0.25) is 11.8 Å². The number of benzene rings is 1. The third-order valence-electron chi connectivity index (χ3n) is 5.18. The highest BCUT2D eigenvalue weighted by Crippen LogP contribution is 2.39. The fourth-order valence-corrected chi connectivity index (χ4v) is 6.08. The van der Waals surface area contributed by atoms with Gasteiger partial charge in [-0.05, 0) is 25.5 Å². The average molecular weight is 482 g/mol. The zero-order valence-electron chi connectivity index (χ0n) is 18.3. The molecule has 0 radical (unpaired) electrons. The molecule has 3 rings (SSSR count). The monoisotopic (exact) mass is 481 g/mol. The lowest BCUT2D eigenvalue weighted by Crippen LogP contribution is -2.45. The van der Waals surface area contributed by atoms with Crippen LogP contribution in [0.4, 0.5) is 0 Å². The summed E-state index contributed by atoms with van der Waals surface area (Å²) in [7, 11) is 0.0428. The lowest BCUT2D eigenvalue weighted by atomic mass is 10.2. The van der Waals surface area contributed by atoms with Crippen LogP contribution in [0.1, 0.15) is 19.0 Å². The van der Waals surface area contributed by atoms with E-state index in [9.17, 15) is 18.0 Å². The number of hydrogen-bond acceptors (Lipinski definition) is 8. The Morgan fingerprint density at radius 3 is 2.69 bits per heavy atom. The predicted molar refractivity (Wildman–Crippen MR) is 122 cm³/mol. The molecule has 11 heteroatoms. The molecule has 0 unspecified atom stereocenters. The van der Waals surface area contributed by atoms with E-state index in [1.54, 1.807) is 27.2 Å². The number of likely N-dealkylation sites (N-methyl/N-ethyl adjacent to an activating group) is 1. The Hall–Kier alpha value is -2.66. The van der Waals surface area contributed by atoms with Crippen molar-refractivity contribution < 1.29 is 27.5 Å². The van der Waals surface area contributed by atoms with E-state index in [2.05, 4.69) is 10.3 Å². The summed E-state index contributed by atoms with van der Waals surface area (Å²) in [4.78, 5) is 31.1. The van der Waals surface area contributed by atoms with Crippen molar-refractivity contribution in [3.8, 4) is 22.1 Å². The SMILES string of the molecule is CCN(CC(=O)N[C@@H]1CCS(=O)(=O)C1)C(=O)Cc1csc(-c2cccc(OC)c2OC)n1. The molecular weight excluding hydrogens is 454 g/mol. The lowest BCUT2D eigenvalue weighted by Gasteiger charge is -2.21. The summed E-state index contributed by atoms with van der Waals surface area (Å²) in [5.74, 6) is 0.616. The number of rotatable bonds is 9. The van der Waals surface area contributed by atoms with E-state index >= 15 is 0 Å². The van der Waals surface area contributed by atoms with Gasteiger partial charge in [0.25, 0.3) is 0 Å². The molecule has 1 aliphatic heterocycles. The van der Waals surface area contributed by atoms with Crippen LogP contribution in [-0.2, 0) is 25.8 Å². The van der Waals surface area contributed by atoms with E-state index < -0.39 is 9.84 Å². The van der Waals surface area contributed by atoms with Crippen molar-refractivity contribution in [2.45, 2.75) is 25.8 Å². The number of hydrogen-bond donors (Lipinski definition) is 1. The third kappa shape index (κ3) is 5.77. The molecule has 0 bridgehead atoms. The molecule has 0 saturated carbocycles. The van der Waals surface area contributed by atoms with E-state index in [4.69, 9.17) is 9.47 Å². The Morgan fingerprint density at radius 1 is 1.28 bits per heavy atom. The average Bonchev–Trinajstić information content (AvgIpc) is 3.36. The minimum atomic E-state index is -3.08. The maximum Gasteiger partial charge on any atom is 0.239 e. The number of para-hydroxylation sites is 1. The molecule has 0 spiro atoms. The van der Waals surface area contributed by atoms with Gasteiger partial charge in [0.1, 0.15) is 5.01 Å². The molecule has 1 fully saturated rings. The molecule has 1 saturated heterocycles. The van der Waals surface area contributed by atoms with E-state index in [0.29, 0.717) is 35.2 Å². The molecule has 174 valence electrons. The molecule has 9 nitrogen and oxygen atoms in total. The van der Waals surface area contributed by atoms with Gasteiger partial charge in [-0.25, -0.2) is 13.4 Å². The van der Waals surface area contributed by atoms with Crippen molar-refractivity contribution in [1.29, 1.82) is 0 Å². The Balaban J connectivity index is 1.63. The minimum Gasteiger partial charge on any atom is -0.493 e. The van der Waals surface area contributed by atoms with E-state index in [-0.39, 0.29) is 42.3 Å². The van der Waals surface area contributed by atoms with Crippen LogP contribution in [0.25, 0.3) is 10.6 Å². The first kappa shape index (κ1) is 24.0. The smallest absolute Gasteiger partial charge is 0.239 e. The molecule has 2 aromatic rings. The number of carbonyl (C=O) groups excluding carboxylic acids is 2. The largest absolute Gasteiger partial charge is 0.493 e. The van der Waals surface area contributed by atoms with Crippen LogP contribution in [0, 0.1) is 0 Å². The van der Waals surface area contributed by atoms with Gasteiger partial charge in [-0.3, -0.25) is 9.59 Å². The number of ether oxygens (including phenoxy) is 2. The maximum absolute atomic E-state index is 12.8. The standard InChI is InChI=1S/C21H27N3O6S2/c1-4-24(11-18(25)22-14-8-9-32(27,28)13-14)19(26)10-15-12-31-21(23-15)16-6-5-7-17(29-2)20(16)30-3/h5-7,12,14H,4,8-11,13H2,1-3H3,(H,22,25)/t14-/m1/s1. The Morgan fingerprint density at radius 2 is 2.06 bits per heavy atom. The molecule has 1 aliphatic rings. The van der Waals surface area contributed by atoms with Crippen molar-refractivity contribution in [3.05, 3.63) is 29.3 Å². The van der Waals surface area contributed by atoms with E-state index in [1.165, 1.54) is 16.2 Å². The Bertz CT molecular complexity index is 1080. The lowest BCUT2D eigenvalue weighted by molar-refractivity contribution is -0.135. The number of nitrogens with zero attached hydrogens (tertiary/aromatic N) is 2. The molecule has 2 heterocycles. The summed E-state index contributed by atoms with van der Waals surface area (Å²) in [5.41, 5.74) is 1.37. The third-order valence-corrected chi connectivity index (χ3v) is 7.88. The van der Waals surface area contributed by atoms with Gasteiger partial charge in [0.15, 0.2) is 21.3 Å². The van der Waals surface area contributed by atoms with Crippen molar-refractivity contribution in [2.24, 2.45) is 0 Å². The molecule has 1 aromatic carbocycles. The Kier molecular flexibility index (Phi) is 7.73. The quantitative estimate of drug-likeness (QED) is 0.577. The highest BCUT2D eigenvalue weighted by Gasteiger charge is 2.29. The van der Waals surface area contributed by atoms with Crippen LogP contribution in [0.5, 0.6) is 11.5 Å². The first-order valence-electron chi connectivity index (χ1n) is 10.2. The van der Waals surface area contributed by atoms with Crippen molar-refractivity contribution in [2.75, 3.05) is 38.8 Å². The maximum atomic E-state index is 12.8. The van der Waals surface area contributed by atoms with Crippen LogP contribution in [0.15, 0.2) is 23.6 Å².